The molecule has 3 aromatic rings. The number of nitrogens with one attached hydrogen (secondary N) is 1. The van der Waals surface area contributed by atoms with E-state index in [1.165, 1.54) is 12.1 Å². The van der Waals surface area contributed by atoms with Gasteiger partial charge in [0.05, 0.1) is 5.56 Å². The molecule has 0 unspecified atom stereocenters. The Labute approximate surface area is 159 Å². The van der Waals surface area contributed by atoms with Crippen LogP contribution in [0, 0.1) is 0 Å². The fourth-order valence-electron chi connectivity index (χ4n) is 2.64. The molecule has 1 atom stereocenters. The van der Waals surface area contributed by atoms with Gasteiger partial charge < -0.3 is 9.84 Å². The van der Waals surface area contributed by atoms with Crippen molar-refractivity contribution in [3.63, 3.8) is 0 Å². The summed E-state index contributed by atoms with van der Waals surface area (Å²) in [5, 5.41) is 6.48. The quantitative estimate of drug-likeness (QED) is 0.671. The Morgan fingerprint density at radius 2 is 1.89 bits per heavy atom. The van der Waals surface area contributed by atoms with E-state index in [0.717, 1.165) is 17.7 Å². The van der Waals surface area contributed by atoms with Crippen LogP contribution in [0.3, 0.4) is 0 Å². The molecule has 0 saturated heterocycles. The SMILES string of the molecule is C[C@@H](NC(=O)CCc1ccccc1)c1nc(-c2cccc(C(F)(F)F)c2)no1. The maximum absolute atomic E-state index is 12.8. The lowest BCUT2D eigenvalue weighted by molar-refractivity contribution is -0.137. The molecule has 0 radical (unpaired) electrons. The van der Waals surface area contributed by atoms with E-state index in [-0.39, 0.29) is 23.2 Å². The zero-order chi connectivity index (χ0) is 20.1. The van der Waals surface area contributed by atoms with Gasteiger partial charge in [-0.15, -0.1) is 0 Å². The number of carbonyl (C=O) groups excluding carboxylic acids is 1. The highest BCUT2D eigenvalue weighted by Crippen LogP contribution is 2.31. The molecule has 5 nitrogen and oxygen atoms in total. The Balaban J connectivity index is 1.62. The van der Waals surface area contributed by atoms with E-state index in [1.54, 1.807) is 6.92 Å². The van der Waals surface area contributed by atoms with Crippen molar-refractivity contribution in [2.24, 2.45) is 0 Å². The molecule has 0 fully saturated rings. The molecule has 0 bridgehead atoms. The molecule has 0 aliphatic rings. The van der Waals surface area contributed by atoms with Crippen LogP contribution in [0.25, 0.3) is 11.4 Å². The first-order chi connectivity index (χ1) is 13.3. The standard InChI is InChI=1S/C20H18F3N3O2/c1-13(24-17(27)11-10-14-6-3-2-4-7-14)19-25-18(26-28-19)15-8-5-9-16(12-15)20(21,22)23/h2-9,12-13H,10-11H2,1H3,(H,24,27)/t13-/m1/s1. The number of halogens is 3. The molecule has 0 aliphatic heterocycles. The van der Waals surface area contributed by atoms with Crippen LogP contribution in [0.5, 0.6) is 0 Å². The summed E-state index contributed by atoms with van der Waals surface area (Å²) in [5.74, 6) is -0.0258. The monoisotopic (exact) mass is 389 g/mol. The number of carbonyl (C=O) groups is 1. The smallest absolute Gasteiger partial charge is 0.345 e. The number of rotatable bonds is 6. The number of alkyl halides is 3. The molecule has 2 aromatic carbocycles. The van der Waals surface area contributed by atoms with Crippen LogP contribution < -0.4 is 5.32 Å². The maximum atomic E-state index is 12.8. The third kappa shape index (κ3) is 4.97. The van der Waals surface area contributed by atoms with Crippen molar-refractivity contribution in [3.8, 4) is 11.4 Å². The Kier molecular flexibility index (Phi) is 5.77. The normalized spacial score (nSPS) is 12.6. The number of aromatic nitrogens is 2. The van der Waals surface area contributed by atoms with Crippen molar-refractivity contribution in [2.45, 2.75) is 32.0 Å². The first-order valence-electron chi connectivity index (χ1n) is 8.67. The first kappa shape index (κ1) is 19.6. The molecule has 0 saturated carbocycles. The Morgan fingerprint density at radius 1 is 1.14 bits per heavy atom. The van der Waals surface area contributed by atoms with Gasteiger partial charge in [-0.25, -0.2) is 0 Å². The van der Waals surface area contributed by atoms with Crippen LogP contribution in [-0.4, -0.2) is 16.0 Å². The van der Waals surface area contributed by atoms with E-state index in [0.29, 0.717) is 12.8 Å². The van der Waals surface area contributed by atoms with Crippen LogP contribution in [0.15, 0.2) is 59.1 Å². The van der Waals surface area contributed by atoms with Gasteiger partial charge in [0.2, 0.25) is 17.6 Å². The summed E-state index contributed by atoms with van der Waals surface area (Å²) in [6.45, 7) is 1.67. The Morgan fingerprint density at radius 3 is 2.61 bits per heavy atom. The second-order valence-corrected chi connectivity index (χ2v) is 6.31. The zero-order valence-corrected chi connectivity index (χ0v) is 15.0. The zero-order valence-electron chi connectivity index (χ0n) is 15.0. The minimum absolute atomic E-state index is 0.0338. The van der Waals surface area contributed by atoms with Crippen LogP contribution in [0.4, 0.5) is 13.2 Å². The van der Waals surface area contributed by atoms with Crippen molar-refractivity contribution < 1.29 is 22.5 Å². The van der Waals surface area contributed by atoms with Crippen LogP contribution in [0.1, 0.15) is 36.4 Å². The van der Waals surface area contributed by atoms with Crippen LogP contribution >= 0.6 is 0 Å². The summed E-state index contributed by atoms with van der Waals surface area (Å²) in [6, 6.07) is 13.7. The summed E-state index contributed by atoms with van der Waals surface area (Å²) in [4.78, 5) is 16.2. The number of benzene rings is 2. The molecule has 0 spiro atoms. The summed E-state index contributed by atoms with van der Waals surface area (Å²) in [7, 11) is 0. The van der Waals surface area contributed by atoms with Crippen LogP contribution in [0.2, 0.25) is 0 Å². The van der Waals surface area contributed by atoms with Crippen molar-refractivity contribution in [3.05, 3.63) is 71.6 Å². The molecular formula is C20H18F3N3O2. The lowest BCUT2D eigenvalue weighted by Crippen LogP contribution is -2.27. The number of amides is 1. The lowest BCUT2D eigenvalue weighted by atomic mass is 10.1. The Hall–Kier alpha value is -3.16. The van der Waals surface area contributed by atoms with Crippen LogP contribution in [-0.2, 0) is 17.4 Å². The number of nitrogens with zero attached hydrogens (tertiary/aromatic N) is 2. The molecule has 0 aliphatic carbocycles. The molecular weight excluding hydrogens is 371 g/mol. The van der Waals surface area contributed by atoms with Gasteiger partial charge in [-0.1, -0.05) is 47.6 Å². The van der Waals surface area contributed by atoms with E-state index in [2.05, 4.69) is 15.5 Å². The highest BCUT2D eigenvalue weighted by Gasteiger charge is 2.31. The van der Waals surface area contributed by atoms with Crippen molar-refractivity contribution >= 4 is 5.91 Å². The fourth-order valence-corrected chi connectivity index (χ4v) is 2.64. The highest BCUT2D eigenvalue weighted by atomic mass is 19.4. The second-order valence-electron chi connectivity index (χ2n) is 6.31. The lowest BCUT2D eigenvalue weighted by Gasteiger charge is -2.09. The fraction of sp³-hybridized carbons (Fsp3) is 0.250. The highest BCUT2D eigenvalue weighted by molar-refractivity contribution is 5.76. The van der Waals surface area contributed by atoms with E-state index >= 15 is 0 Å². The number of hydrogen-bond donors (Lipinski definition) is 1. The molecule has 28 heavy (non-hydrogen) atoms. The topological polar surface area (TPSA) is 68.0 Å². The van der Waals surface area contributed by atoms with Gasteiger partial charge >= 0.3 is 6.18 Å². The van der Waals surface area contributed by atoms with Crippen molar-refractivity contribution in [1.29, 1.82) is 0 Å². The van der Waals surface area contributed by atoms with Gasteiger partial charge in [0.25, 0.3) is 0 Å². The number of aryl methyl sites for hydroxylation is 1. The molecule has 3 rings (SSSR count). The third-order valence-electron chi connectivity index (χ3n) is 4.12. The van der Waals surface area contributed by atoms with Gasteiger partial charge in [-0.3, -0.25) is 4.79 Å². The van der Waals surface area contributed by atoms with E-state index < -0.39 is 17.8 Å². The average molecular weight is 389 g/mol. The Bertz CT molecular complexity index is 939. The predicted octanol–water partition coefficient (Wildman–Crippen LogP) is 4.57. The van der Waals surface area contributed by atoms with Crippen molar-refractivity contribution in [2.75, 3.05) is 0 Å². The molecule has 8 heteroatoms. The molecule has 1 N–H and O–H groups in total. The molecule has 1 heterocycles. The van der Waals surface area contributed by atoms with Crippen molar-refractivity contribution in [1.82, 2.24) is 15.5 Å². The first-order valence-corrected chi connectivity index (χ1v) is 8.67. The minimum atomic E-state index is -4.46. The second kappa shape index (κ2) is 8.24. The van der Waals surface area contributed by atoms with Gasteiger partial charge in [-0.05, 0) is 31.0 Å². The molecule has 1 aromatic heterocycles. The van der Waals surface area contributed by atoms with Gasteiger partial charge in [-0.2, -0.15) is 18.2 Å². The van der Waals surface area contributed by atoms with E-state index in [1.807, 2.05) is 30.3 Å². The largest absolute Gasteiger partial charge is 0.416 e. The average Bonchev–Trinajstić information content (AvgIpc) is 3.17. The molecule has 1 amide bonds. The third-order valence-corrected chi connectivity index (χ3v) is 4.12. The summed E-state index contributed by atoms with van der Waals surface area (Å²) in [5.41, 5.74) is 0.445. The van der Waals surface area contributed by atoms with Gasteiger partial charge in [0.1, 0.15) is 6.04 Å². The predicted molar refractivity (Wildman–Crippen MR) is 96.1 cm³/mol. The maximum Gasteiger partial charge on any atom is 0.416 e. The minimum Gasteiger partial charge on any atom is -0.345 e. The molecule has 146 valence electrons. The summed E-state index contributed by atoms with van der Waals surface area (Å²) in [6.07, 6.45) is -3.57. The van der Waals surface area contributed by atoms with E-state index in [4.69, 9.17) is 4.52 Å². The summed E-state index contributed by atoms with van der Waals surface area (Å²) >= 11 is 0. The van der Waals surface area contributed by atoms with Gasteiger partial charge in [0.15, 0.2) is 0 Å². The number of hydrogen-bond acceptors (Lipinski definition) is 4. The summed E-state index contributed by atoms with van der Waals surface area (Å²) < 4.78 is 43.6. The van der Waals surface area contributed by atoms with E-state index in [9.17, 15) is 18.0 Å². The van der Waals surface area contributed by atoms with Gasteiger partial charge in [0, 0.05) is 12.0 Å².